The van der Waals surface area contributed by atoms with E-state index in [0.717, 1.165) is 37.3 Å². The maximum atomic E-state index is 13.0. The zero-order valence-electron chi connectivity index (χ0n) is 17.4. The van der Waals surface area contributed by atoms with Gasteiger partial charge in [-0.05, 0) is 55.4 Å². The number of amides is 1. The highest BCUT2D eigenvalue weighted by Gasteiger charge is 2.37. The molecule has 1 aromatic rings. The number of methoxy groups -OCH3 is 2. The number of fused-ring (bicyclic) bond motifs is 1. The van der Waals surface area contributed by atoms with Crippen LogP contribution in [0.25, 0.3) is 0 Å². The fraction of sp³-hybridized carbons (Fsp3) is 0.682. The van der Waals surface area contributed by atoms with E-state index in [9.17, 15) is 9.90 Å². The van der Waals surface area contributed by atoms with E-state index in [0.29, 0.717) is 12.5 Å². The minimum Gasteiger partial charge on any atom is -0.493 e. The number of carbonyl (C=O) groups excluding carboxylic acids is 1. The fourth-order valence-corrected chi connectivity index (χ4v) is 4.70. The summed E-state index contributed by atoms with van der Waals surface area (Å²) in [5.74, 6) is 2.06. The molecular formula is C22H34N2O4. The van der Waals surface area contributed by atoms with Crippen LogP contribution in [0.15, 0.2) is 12.1 Å². The highest BCUT2D eigenvalue weighted by molar-refractivity contribution is 5.79. The summed E-state index contributed by atoms with van der Waals surface area (Å²) in [6.45, 7) is 3.13. The first-order valence-electron chi connectivity index (χ1n) is 10.5. The molecule has 0 saturated heterocycles. The monoisotopic (exact) mass is 390 g/mol. The number of benzene rings is 1. The highest BCUT2D eigenvalue weighted by atomic mass is 16.5. The molecule has 28 heavy (non-hydrogen) atoms. The van der Waals surface area contributed by atoms with E-state index in [2.05, 4.69) is 22.3 Å². The van der Waals surface area contributed by atoms with Gasteiger partial charge in [0.2, 0.25) is 5.91 Å². The molecule has 1 heterocycles. The van der Waals surface area contributed by atoms with Crippen molar-refractivity contribution in [2.24, 2.45) is 5.92 Å². The molecule has 0 bridgehead atoms. The molecule has 0 spiro atoms. The van der Waals surface area contributed by atoms with Crippen LogP contribution in [-0.2, 0) is 11.2 Å². The predicted molar refractivity (Wildman–Crippen MR) is 109 cm³/mol. The Morgan fingerprint density at radius 3 is 2.54 bits per heavy atom. The van der Waals surface area contributed by atoms with Gasteiger partial charge in [-0.2, -0.15) is 0 Å². The molecule has 0 radical (unpaired) electrons. The molecule has 1 amide bonds. The van der Waals surface area contributed by atoms with Gasteiger partial charge in [-0.25, -0.2) is 0 Å². The van der Waals surface area contributed by atoms with E-state index >= 15 is 0 Å². The second kappa shape index (κ2) is 9.61. The van der Waals surface area contributed by atoms with Crippen molar-refractivity contribution in [1.82, 2.24) is 10.2 Å². The normalized spacial score (nSPS) is 21.1. The number of aliphatic hydroxyl groups is 1. The first-order valence-corrected chi connectivity index (χ1v) is 10.5. The van der Waals surface area contributed by atoms with Crippen molar-refractivity contribution < 1.29 is 19.4 Å². The predicted octanol–water partition coefficient (Wildman–Crippen LogP) is 2.68. The lowest BCUT2D eigenvalue weighted by atomic mass is 9.77. The summed E-state index contributed by atoms with van der Waals surface area (Å²) in [5, 5.41) is 12.5. The maximum absolute atomic E-state index is 13.0. The zero-order valence-corrected chi connectivity index (χ0v) is 17.4. The average Bonchev–Trinajstić information content (AvgIpc) is 2.72. The molecule has 1 unspecified atom stereocenters. The largest absolute Gasteiger partial charge is 0.493 e. The van der Waals surface area contributed by atoms with E-state index in [4.69, 9.17) is 9.47 Å². The van der Waals surface area contributed by atoms with Crippen molar-refractivity contribution in [2.75, 3.05) is 33.9 Å². The molecule has 0 aromatic heterocycles. The Morgan fingerprint density at radius 2 is 1.89 bits per heavy atom. The van der Waals surface area contributed by atoms with Gasteiger partial charge in [0.25, 0.3) is 0 Å². The van der Waals surface area contributed by atoms with Crippen molar-refractivity contribution in [2.45, 2.75) is 57.6 Å². The molecule has 2 N–H and O–H groups in total. The van der Waals surface area contributed by atoms with E-state index in [1.165, 1.54) is 30.4 Å². The molecule has 1 aromatic carbocycles. The minimum atomic E-state index is -0.458. The molecule has 6 nitrogen and oxygen atoms in total. The van der Waals surface area contributed by atoms with Crippen LogP contribution in [-0.4, -0.2) is 55.9 Å². The smallest absolute Gasteiger partial charge is 0.237 e. The van der Waals surface area contributed by atoms with E-state index in [1.807, 2.05) is 0 Å². The summed E-state index contributed by atoms with van der Waals surface area (Å²) >= 11 is 0. The molecule has 6 heteroatoms. The lowest BCUT2D eigenvalue weighted by Crippen LogP contribution is -2.47. The number of aliphatic hydroxyl groups excluding tert-OH is 1. The van der Waals surface area contributed by atoms with Crippen LogP contribution in [0.2, 0.25) is 0 Å². The number of nitrogens with zero attached hydrogens (tertiary/aromatic N) is 1. The van der Waals surface area contributed by atoms with Crippen molar-refractivity contribution in [3.05, 3.63) is 23.3 Å². The Hall–Kier alpha value is -1.79. The van der Waals surface area contributed by atoms with Crippen LogP contribution in [0, 0.1) is 5.92 Å². The molecule has 156 valence electrons. The van der Waals surface area contributed by atoms with E-state index < -0.39 is 6.10 Å². The van der Waals surface area contributed by atoms with Crippen LogP contribution >= 0.6 is 0 Å². The third kappa shape index (κ3) is 4.61. The standard InChI is InChI=1S/C22H34N2O4/c1-15(25)13-23-14-21(26)24-10-9-17-11-19(27-2)20(28-3)12-18(17)22(24)16-7-5-4-6-8-16/h11-12,15-16,22-23,25H,4-10,13-14H2,1-3H3/t15-,22?/m1/s1. The van der Waals surface area contributed by atoms with Crippen LogP contribution in [0.4, 0.5) is 0 Å². The Kier molecular flexibility index (Phi) is 7.18. The van der Waals surface area contributed by atoms with Gasteiger partial charge in [0.05, 0.1) is 32.9 Å². The summed E-state index contributed by atoms with van der Waals surface area (Å²) in [6.07, 6.45) is 6.42. The fourth-order valence-electron chi connectivity index (χ4n) is 4.70. The summed E-state index contributed by atoms with van der Waals surface area (Å²) in [4.78, 5) is 15.1. The minimum absolute atomic E-state index is 0.0877. The lowest BCUT2D eigenvalue weighted by Gasteiger charge is -2.43. The molecule has 1 aliphatic heterocycles. The summed E-state index contributed by atoms with van der Waals surface area (Å²) in [5.41, 5.74) is 2.47. The van der Waals surface area contributed by atoms with Crippen LogP contribution in [0.5, 0.6) is 11.5 Å². The van der Waals surface area contributed by atoms with Gasteiger partial charge in [0.15, 0.2) is 11.5 Å². The SMILES string of the molecule is COc1cc2c(cc1OC)C(C1CCCCC1)N(C(=O)CNC[C@@H](C)O)CC2. The number of hydrogen-bond acceptors (Lipinski definition) is 5. The first kappa shape index (κ1) is 20.9. The number of carbonyl (C=O) groups is 1. The Bertz CT molecular complexity index is 671. The molecule has 1 saturated carbocycles. The number of nitrogens with one attached hydrogen (secondary N) is 1. The van der Waals surface area contributed by atoms with Crippen molar-refractivity contribution in [3.63, 3.8) is 0 Å². The van der Waals surface area contributed by atoms with Gasteiger partial charge in [0.1, 0.15) is 0 Å². The Labute approximate surface area is 168 Å². The van der Waals surface area contributed by atoms with Crippen LogP contribution in [0.3, 0.4) is 0 Å². The lowest BCUT2D eigenvalue weighted by molar-refractivity contribution is -0.134. The van der Waals surface area contributed by atoms with Gasteiger partial charge in [-0.1, -0.05) is 19.3 Å². The van der Waals surface area contributed by atoms with Crippen molar-refractivity contribution in [1.29, 1.82) is 0 Å². The topological polar surface area (TPSA) is 71.0 Å². The van der Waals surface area contributed by atoms with Crippen molar-refractivity contribution in [3.8, 4) is 11.5 Å². The second-order valence-corrected chi connectivity index (χ2v) is 8.07. The molecule has 3 rings (SSSR count). The van der Waals surface area contributed by atoms with Gasteiger partial charge in [0, 0.05) is 13.1 Å². The third-order valence-electron chi connectivity index (χ3n) is 6.05. The molecule has 2 aliphatic rings. The van der Waals surface area contributed by atoms with Gasteiger partial charge in [-0.15, -0.1) is 0 Å². The molecular weight excluding hydrogens is 356 g/mol. The van der Waals surface area contributed by atoms with Gasteiger partial charge >= 0.3 is 0 Å². The Morgan fingerprint density at radius 1 is 1.21 bits per heavy atom. The summed E-state index contributed by atoms with van der Waals surface area (Å²) < 4.78 is 11.0. The number of ether oxygens (including phenoxy) is 2. The first-order chi connectivity index (χ1) is 13.5. The van der Waals surface area contributed by atoms with Crippen LogP contribution in [0.1, 0.15) is 56.2 Å². The summed E-state index contributed by atoms with van der Waals surface area (Å²) in [7, 11) is 3.32. The number of hydrogen-bond donors (Lipinski definition) is 2. The molecule has 1 fully saturated rings. The number of rotatable bonds is 7. The molecule has 2 atom stereocenters. The third-order valence-corrected chi connectivity index (χ3v) is 6.05. The highest BCUT2D eigenvalue weighted by Crippen LogP contribution is 2.45. The quantitative estimate of drug-likeness (QED) is 0.749. The van der Waals surface area contributed by atoms with Gasteiger partial charge < -0.3 is 24.8 Å². The average molecular weight is 391 g/mol. The zero-order chi connectivity index (χ0) is 20.1. The van der Waals surface area contributed by atoms with Crippen LogP contribution < -0.4 is 14.8 Å². The Balaban J connectivity index is 1.90. The van der Waals surface area contributed by atoms with Gasteiger partial charge in [-0.3, -0.25) is 4.79 Å². The van der Waals surface area contributed by atoms with Crippen molar-refractivity contribution >= 4 is 5.91 Å². The summed E-state index contributed by atoms with van der Waals surface area (Å²) in [6, 6.07) is 4.25. The van der Waals surface area contributed by atoms with E-state index in [-0.39, 0.29) is 18.5 Å². The second-order valence-electron chi connectivity index (χ2n) is 8.07. The van der Waals surface area contributed by atoms with E-state index in [1.54, 1.807) is 21.1 Å². The molecule has 1 aliphatic carbocycles. The maximum Gasteiger partial charge on any atom is 0.237 e.